The molecule has 3 nitrogen and oxygen atoms in total. The molecule has 100 valence electrons. The first-order chi connectivity index (χ1) is 9.42. The Morgan fingerprint density at radius 2 is 1.89 bits per heavy atom. The Kier molecular flexibility index (Phi) is 3.94. The highest BCUT2D eigenvalue weighted by Crippen LogP contribution is 2.21. The van der Waals surface area contributed by atoms with E-state index >= 15 is 0 Å². The van der Waals surface area contributed by atoms with E-state index in [0.29, 0.717) is 6.04 Å². The summed E-state index contributed by atoms with van der Waals surface area (Å²) in [7, 11) is 0. The third kappa shape index (κ3) is 3.24. The lowest BCUT2D eigenvalue weighted by molar-refractivity contribution is 0.363. The fraction of sp³-hybridized carbons (Fsp3) is 0.438. The standard InChI is InChI=1S/C16H20N2O/c1-3-7-13(8-4-1)16-11-15(18-19-16)12-17-14-9-5-2-6-10-14/h1,3-4,7-8,11,14,17H,2,5-6,9-10,12H2. The van der Waals surface area contributed by atoms with Gasteiger partial charge in [0.2, 0.25) is 0 Å². The Balaban J connectivity index is 1.59. The van der Waals surface area contributed by atoms with Crippen molar-refractivity contribution in [3.63, 3.8) is 0 Å². The molecule has 1 aromatic heterocycles. The summed E-state index contributed by atoms with van der Waals surface area (Å²) in [5, 5.41) is 7.72. The number of aromatic nitrogens is 1. The Hall–Kier alpha value is -1.61. The van der Waals surface area contributed by atoms with Gasteiger partial charge in [-0.2, -0.15) is 0 Å². The number of rotatable bonds is 4. The van der Waals surface area contributed by atoms with Gasteiger partial charge in [-0.05, 0) is 12.8 Å². The third-order valence-electron chi connectivity index (χ3n) is 3.79. The molecule has 1 N–H and O–H groups in total. The monoisotopic (exact) mass is 256 g/mol. The summed E-state index contributed by atoms with van der Waals surface area (Å²) in [6.45, 7) is 0.807. The molecule has 1 heterocycles. The quantitative estimate of drug-likeness (QED) is 0.905. The summed E-state index contributed by atoms with van der Waals surface area (Å²) >= 11 is 0. The van der Waals surface area contributed by atoms with E-state index in [0.717, 1.165) is 23.6 Å². The number of hydrogen-bond donors (Lipinski definition) is 1. The van der Waals surface area contributed by atoms with Crippen LogP contribution >= 0.6 is 0 Å². The van der Waals surface area contributed by atoms with Crippen LogP contribution in [-0.2, 0) is 6.54 Å². The van der Waals surface area contributed by atoms with E-state index in [2.05, 4.69) is 10.5 Å². The molecule has 1 aliphatic carbocycles. The lowest BCUT2D eigenvalue weighted by atomic mass is 9.95. The molecular formula is C16H20N2O. The molecule has 0 spiro atoms. The maximum absolute atomic E-state index is 5.40. The van der Waals surface area contributed by atoms with Crippen LogP contribution in [0.15, 0.2) is 40.9 Å². The van der Waals surface area contributed by atoms with Crippen LogP contribution in [0.3, 0.4) is 0 Å². The van der Waals surface area contributed by atoms with Crippen LogP contribution in [0, 0.1) is 0 Å². The van der Waals surface area contributed by atoms with E-state index in [1.807, 2.05) is 36.4 Å². The molecule has 0 aliphatic heterocycles. The molecule has 0 saturated heterocycles. The molecule has 19 heavy (non-hydrogen) atoms. The van der Waals surface area contributed by atoms with Gasteiger partial charge in [-0.15, -0.1) is 0 Å². The highest BCUT2D eigenvalue weighted by Gasteiger charge is 2.13. The number of benzene rings is 1. The van der Waals surface area contributed by atoms with Crippen molar-refractivity contribution in [3.05, 3.63) is 42.1 Å². The highest BCUT2D eigenvalue weighted by molar-refractivity contribution is 5.56. The zero-order valence-electron chi connectivity index (χ0n) is 11.1. The van der Waals surface area contributed by atoms with Crippen molar-refractivity contribution in [2.24, 2.45) is 0 Å². The summed E-state index contributed by atoms with van der Waals surface area (Å²) in [6.07, 6.45) is 6.69. The van der Waals surface area contributed by atoms with E-state index in [4.69, 9.17) is 4.52 Å². The predicted octanol–water partition coefficient (Wildman–Crippen LogP) is 3.76. The van der Waals surface area contributed by atoms with Gasteiger partial charge < -0.3 is 9.84 Å². The van der Waals surface area contributed by atoms with Crippen molar-refractivity contribution in [1.29, 1.82) is 0 Å². The minimum Gasteiger partial charge on any atom is -0.356 e. The van der Waals surface area contributed by atoms with Crippen LogP contribution < -0.4 is 5.32 Å². The first-order valence-corrected chi connectivity index (χ1v) is 7.16. The number of nitrogens with one attached hydrogen (secondary N) is 1. The molecule has 3 heteroatoms. The topological polar surface area (TPSA) is 38.1 Å². The predicted molar refractivity (Wildman–Crippen MR) is 75.7 cm³/mol. The lowest BCUT2D eigenvalue weighted by Crippen LogP contribution is -2.30. The summed E-state index contributed by atoms with van der Waals surface area (Å²) in [5.41, 5.74) is 2.07. The lowest BCUT2D eigenvalue weighted by Gasteiger charge is -2.22. The molecule has 0 amide bonds. The first kappa shape index (κ1) is 12.4. The molecule has 0 radical (unpaired) electrons. The van der Waals surface area contributed by atoms with Crippen LogP contribution in [0.4, 0.5) is 0 Å². The van der Waals surface area contributed by atoms with Gasteiger partial charge in [0.25, 0.3) is 0 Å². The zero-order chi connectivity index (χ0) is 12.9. The van der Waals surface area contributed by atoms with Crippen molar-refractivity contribution in [1.82, 2.24) is 10.5 Å². The van der Waals surface area contributed by atoms with Gasteiger partial charge in [-0.1, -0.05) is 54.8 Å². The van der Waals surface area contributed by atoms with E-state index in [1.54, 1.807) is 0 Å². The van der Waals surface area contributed by atoms with Crippen molar-refractivity contribution in [2.45, 2.75) is 44.7 Å². The fourth-order valence-electron chi connectivity index (χ4n) is 2.69. The number of nitrogens with zero attached hydrogens (tertiary/aromatic N) is 1. The van der Waals surface area contributed by atoms with E-state index in [9.17, 15) is 0 Å². The van der Waals surface area contributed by atoms with Crippen molar-refractivity contribution >= 4 is 0 Å². The van der Waals surface area contributed by atoms with Gasteiger partial charge in [0.15, 0.2) is 5.76 Å². The van der Waals surface area contributed by atoms with Gasteiger partial charge in [0, 0.05) is 24.2 Å². The Morgan fingerprint density at radius 1 is 1.11 bits per heavy atom. The minimum atomic E-state index is 0.658. The number of hydrogen-bond acceptors (Lipinski definition) is 3. The van der Waals surface area contributed by atoms with E-state index < -0.39 is 0 Å². The molecule has 2 aromatic rings. The minimum absolute atomic E-state index is 0.658. The van der Waals surface area contributed by atoms with Crippen molar-refractivity contribution < 1.29 is 4.52 Å². The highest BCUT2D eigenvalue weighted by atomic mass is 16.5. The van der Waals surface area contributed by atoms with Crippen LogP contribution in [0.1, 0.15) is 37.8 Å². The molecule has 1 saturated carbocycles. The molecule has 1 aliphatic rings. The van der Waals surface area contributed by atoms with Gasteiger partial charge in [-0.3, -0.25) is 0 Å². The molecule has 1 fully saturated rings. The average molecular weight is 256 g/mol. The Morgan fingerprint density at radius 3 is 2.68 bits per heavy atom. The Labute approximate surface area is 114 Å². The van der Waals surface area contributed by atoms with Crippen molar-refractivity contribution in [2.75, 3.05) is 0 Å². The second kappa shape index (κ2) is 6.02. The maximum atomic E-state index is 5.40. The molecule has 0 atom stereocenters. The zero-order valence-corrected chi connectivity index (χ0v) is 11.1. The van der Waals surface area contributed by atoms with Gasteiger partial charge in [0.1, 0.15) is 0 Å². The Bertz CT molecular complexity index is 500. The van der Waals surface area contributed by atoms with Gasteiger partial charge in [0.05, 0.1) is 5.69 Å². The van der Waals surface area contributed by atoms with Crippen LogP contribution in [0.25, 0.3) is 11.3 Å². The van der Waals surface area contributed by atoms with Crippen LogP contribution in [0.5, 0.6) is 0 Å². The molecule has 1 aromatic carbocycles. The van der Waals surface area contributed by atoms with Crippen LogP contribution in [0.2, 0.25) is 0 Å². The molecule has 0 bridgehead atoms. The normalized spacial score (nSPS) is 16.6. The third-order valence-corrected chi connectivity index (χ3v) is 3.79. The summed E-state index contributed by atoms with van der Waals surface area (Å²) in [4.78, 5) is 0. The van der Waals surface area contributed by atoms with Gasteiger partial charge >= 0.3 is 0 Å². The summed E-state index contributed by atoms with van der Waals surface area (Å²) in [6, 6.07) is 12.8. The smallest absolute Gasteiger partial charge is 0.167 e. The summed E-state index contributed by atoms with van der Waals surface area (Å²) in [5.74, 6) is 0.848. The molecular weight excluding hydrogens is 236 g/mol. The second-order valence-electron chi connectivity index (χ2n) is 5.26. The summed E-state index contributed by atoms with van der Waals surface area (Å²) < 4.78 is 5.40. The average Bonchev–Trinajstić information content (AvgIpc) is 2.96. The first-order valence-electron chi connectivity index (χ1n) is 7.16. The fourth-order valence-corrected chi connectivity index (χ4v) is 2.69. The van der Waals surface area contributed by atoms with Gasteiger partial charge in [-0.25, -0.2) is 0 Å². The van der Waals surface area contributed by atoms with Crippen molar-refractivity contribution in [3.8, 4) is 11.3 Å². The van der Waals surface area contributed by atoms with E-state index in [1.165, 1.54) is 32.1 Å². The van der Waals surface area contributed by atoms with E-state index in [-0.39, 0.29) is 0 Å². The molecule has 0 unspecified atom stereocenters. The SMILES string of the molecule is c1ccc(-c2cc(CNC3CCCCC3)no2)cc1. The molecule has 3 rings (SSSR count). The largest absolute Gasteiger partial charge is 0.356 e. The maximum Gasteiger partial charge on any atom is 0.167 e. The second-order valence-corrected chi connectivity index (χ2v) is 5.26. The van der Waals surface area contributed by atoms with Crippen LogP contribution in [-0.4, -0.2) is 11.2 Å².